The Kier molecular flexibility index (Phi) is 8.12. The first-order valence-electron chi connectivity index (χ1n) is 10.8. The van der Waals surface area contributed by atoms with Crippen LogP contribution < -0.4 is 0 Å². The fourth-order valence-electron chi connectivity index (χ4n) is 3.32. The van der Waals surface area contributed by atoms with Crippen molar-refractivity contribution >= 4 is 26.1 Å². The van der Waals surface area contributed by atoms with Gasteiger partial charge < -0.3 is 13.3 Å². The first kappa shape index (κ1) is 23.2. The van der Waals surface area contributed by atoms with E-state index in [-0.39, 0.29) is 0 Å². The fraction of sp³-hybridized carbons (Fsp3) is 0.143. The second-order valence-electron chi connectivity index (χ2n) is 7.23. The zero-order chi connectivity index (χ0) is 22.8. The third-order valence-corrected chi connectivity index (χ3v) is 6.62. The van der Waals surface area contributed by atoms with Gasteiger partial charge in [-0.1, -0.05) is 91.0 Å². The van der Waals surface area contributed by atoms with Crippen LogP contribution in [0.5, 0.6) is 0 Å². The fourth-order valence-corrected chi connectivity index (χ4v) is 5.35. The van der Waals surface area contributed by atoms with Crippen LogP contribution in [0.4, 0.5) is 0 Å². The van der Waals surface area contributed by atoms with E-state index in [9.17, 15) is 0 Å². The molecule has 0 aliphatic rings. The lowest BCUT2D eigenvalue weighted by molar-refractivity contribution is 0.221. The lowest BCUT2D eigenvalue weighted by atomic mass is 10.2. The Morgan fingerprint density at radius 1 is 0.500 bits per heavy atom. The molecule has 0 amide bonds. The maximum atomic E-state index is 6.55. The Labute approximate surface area is 192 Å². The molecule has 0 atom stereocenters. The summed E-state index contributed by atoms with van der Waals surface area (Å²) < 4.78 is 19.7. The van der Waals surface area contributed by atoms with Gasteiger partial charge in [-0.05, 0) is 39.0 Å². The van der Waals surface area contributed by atoms with Crippen molar-refractivity contribution in [3.05, 3.63) is 126 Å². The second-order valence-corrected chi connectivity index (χ2v) is 9.56. The van der Waals surface area contributed by atoms with E-state index >= 15 is 0 Å². The normalized spacial score (nSPS) is 12.9. The van der Waals surface area contributed by atoms with Crippen LogP contribution in [0.1, 0.15) is 37.5 Å². The molecule has 32 heavy (non-hydrogen) atoms. The maximum Gasteiger partial charge on any atom is 0.696 e. The average Bonchev–Trinajstić information content (AvgIpc) is 2.86. The second kappa shape index (κ2) is 11.2. The van der Waals surface area contributed by atoms with E-state index in [1.807, 2.05) is 137 Å². The number of benzene rings is 3. The van der Waals surface area contributed by atoms with E-state index in [2.05, 4.69) is 0 Å². The van der Waals surface area contributed by atoms with Gasteiger partial charge in [0.15, 0.2) is 0 Å². The smallest absolute Gasteiger partial charge is 0.483 e. The van der Waals surface area contributed by atoms with E-state index in [1.165, 1.54) is 0 Å². The van der Waals surface area contributed by atoms with E-state index in [1.54, 1.807) is 0 Å². The van der Waals surface area contributed by atoms with Gasteiger partial charge in [-0.15, -0.1) is 0 Å². The molecular formula is C28H30O3Si. The highest BCUT2D eigenvalue weighted by atomic mass is 28.4. The van der Waals surface area contributed by atoms with Crippen LogP contribution in [0.2, 0.25) is 6.55 Å². The Balaban J connectivity index is 1.97. The van der Waals surface area contributed by atoms with Gasteiger partial charge in [0.1, 0.15) is 17.3 Å². The minimum absolute atomic E-state index is 0.729. The zero-order valence-electron chi connectivity index (χ0n) is 19.1. The molecule has 0 unspecified atom stereocenters. The SMILES string of the molecule is C/C=C(\O[Si](C)(O/C(=C\C)c1ccccc1)O/C(=C\C)c1ccccc1)c1ccccc1. The van der Waals surface area contributed by atoms with Crippen molar-refractivity contribution in [2.45, 2.75) is 27.3 Å². The molecule has 3 rings (SSSR count). The van der Waals surface area contributed by atoms with Crippen LogP contribution in [0, 0.1) is 0 Å². The van der Waals surface area contributed by atoms with Crippen molar-refractivity contribution < 1.29 is 13.3 Å². The number of allylic oxidation sites excluding steroid dienone is 3. The van der Waals surface area contributed by atoms with Gasteiger partial charge in [0.2, 0.25) is 0 Å². The molecule has 0 bridgehead atoms. The summed E-state index contributed by atoms with van der Waals surface area (Å²) in [5, 5.41) is 0. The van der Waals surface area contributed by atoms with Gasteiger partial charge in [-0.3, -0.25) is 0 Å². The van der Waals surface area contributed by atoms with Crippen LogP contribution in [-0.4, -0.2) is 8.80 Å². The summed E-state index contributed by atoms with van der Waals surface area (Å²) in [6, 6.07) is 30.0. The number of rotatable bonds is 9. The minimum atomic E-state index is -3.25. The molecular weight excluding hydrogens is 412 g/mol. The van der Waals surface area contributed by atoms with Crippen molar-refractivity contribution in [1.82, 2.24) is 0 Å². The van der Waals surface area contributed by atoms with E-state index in [0.717, 1.165) is 34.0 Å². The first-order valence-corrected chi connectivity index (χ1v) is 13.0. The third-order valence-electron chi connectivity index (χ3n) is 4.85. The lowest BCUT2D eigenvalue weighted by Gasteiger charge is -2.30. The van der Waals surface area contributed by atoms with Gasteiger partial charge in [-0.25, -0.2) is 0 Å². The Hall–Kier alpha value is -3.50. The van der Waals surface area contributed by atoms with E-state index < -0.39 is 8.80 Å². The predicted octanol–water partition coefficient (Wildman–Crippen LogP) is 7.79. The van der Waals surface area contributed by atoms with Gasteiger partial charge in [0.25, 0.3) is 0 Å². The zero-order valence-corrected chi connectivity index (χ0v) is 20.1. The molecule has 0 spiro atoms. The predicted molar refractivity (Wildman–Crippen MR) is 135 cm³/mol. The summed E-state index contributed by atoms with van der Waals surface area (Å²) in [6.45, 7) is 7.80. The Morgan fingerprint density at radius 2 is 0.750 bits per heavy atom. The van der Waals surface area contributed by atoms with Crippen molar-refractivity contribution in [3.8, 4) is 0 Å². The molecule has 3 nitrogen and oxygen atoms in total. The average molecular weight is 443 g/mol. The molecule has 3 aromatic carbocycles. The molecule has 3 aromatic rings. The lowest BCUT2D eigenvalue weighted by Crippen LogP contribution is -2.41. The molecule has 0 saturated carbocycles. The summed E-state index contributed by atoms with van der Waals surface area (Å²) in [7, 11) is -3.25. The molecule has 0 radical (unpaired) electrons. The van der Waals surface area contributed by atoms with Crippen molar-refractivity contribution in [2.24, 2.45) is 0 Å². The van der Waals surface area contributed by atoms with Gasteiger partial charge in [0, 0.05) is 23.2 Å². The van der Waals surface area contributed by atoms with Gasteiger partial charge in [-0.2, -0.15) is 0 Å². The molecule has 0 aliphatic heterocycles. The third kappa shape index (κ3) is 6.02. The van der Waals surface area contributed by atoms with Crippen LogP contribution in [0.15, 0.2) is 109 Å². The molecule has 0 heterocycles. The summed E-state index contributed by atoms with van der Waals surface area (Å²) in [5.74, 6) is 2.19. The van der Waals surface area contributed by atoms with Gasteiger partial charge >= 0.3 is 8.80 Å². The molecule has 0 saturated heterocycles. The Morgan fingerprint density at radius 3 is 0.969 bits per heavy atom. The quantitative estimate of drug-likeness (QED) is 0.250. The molecule has 4 heteroatoms. The molecule has 0 aromatic heterocycles. The highest BCUT2D eigenvalue weighted by Gasteiger charge is 2.45. The summed E-state index contributed by atoms with van der Waals surface area (Å²) in [6.07, 6.45) is 5.84. The molecule has 164 valence electrons. The summed E-state index contributed by atoms with van der Waals surface area (Å²) in [5.41, 5.74) is 2.93. The van der Waals surface area contributed by atoms with Crippen molar-refractivity contribution in [3.63, 3.8) is 0 Å². The van der Waals surface area contributed by atoms with Crippen LogP contribution in [0.25, 0.3) is 17.3 Å². The number of hydrogen-bond donors (Lipinski definition) is 0. The molecule has 0 fully saturated rings. The summed E-state index contributed by atoms with van der Waals surface area (Å²) in [4.78, 5) is 0. The first-order chi connectivity index (χ1) is 15.6. The minimum Gasteiger partial charge on any atom is -0.483 e. The molecule has 0 N–H and O–H groups in total. The largest absolute Gasteiger partial charge is 0.696 e. The van der Waals surface area contributed by atoms with Crippen LogP contribution in [0.3, 0.4) is 0 Å². The van der Waals surface area contributed by atoms with Crippen molar-refractivity contribution in [1.29, 1.82) is 0 Å². The van der Waals surface area contributed by atoms with E-state index in [4.69, 9.17) is 13.3 Å². The maximum absolute atomic E-state index is 6.55. The summed E-state index contributed by atoms with van der Waals surface area (Å²) >= 11 is 0. The van der Waals surface area contributed by atoms with E-state index in [0.29, 0.717) is 0 Å². The van der Waals surface area contributed by atoms with Crippen molar-refractivity contribution in [2.75, 3.05) is 0 Å². The van der Waals surface area contributed by atoms with Gasteiger partial charge in [0.05, 0.1) is 0 Å². The highest BCUT2D eigenvalue weighted by Crippen LogP contribution is 2.31. The number of hydrogen-bond acceptors (Lipinski definition) is 3. The molecule has 0 aliphatic carbocycles. The topological polar surface area (TPSA) is 27.7 Å². The Bertz CT molecular complexity index is 932. The monoisotopic (exact) mass is 442 g/mol. The standard InChI is InChI=1S/C28H30O3Si/c1-5-26(23-17-11-8-12-18-23)29-32(4,30-27(6-2)24-19-13-9-14-20-24)31-28(7-3)25-21-15-10-16-22-25/h5-22H,1-4H3/b26-5-,27-6-,28-7-. The van der Waals surface area contributed by atoms with Crippen LogP contribution in [-0.2, 0) is 13.3 Å². The highest BCUT2D eigenvalue weighted by molar-refractivity contribution is 6.62. The van der Waals surface area contributed by atoms with Crippen LogP contribution >= 0.6 is 0 Å².